The molecule has 0 saturated heterocycles. The van der Waals surface area contributed by atoms with E-state index < -0.39 is 12.0 Å². The lowest BCUT2D eigenvalue weighted by molar-refractivity contribution is -0.138. The maximum atomic E-state index is 10.7. The Kier molecular flexibility index (Phi) is 4.18. The van der Waals surface area contributed by atoms with Crippen molar-refractivity contribution in [1.29, 1.82) is 0 Å². The quantitative estimate of drug-likeness (QED) is 0.878. The third-order valence-electron chi connectivity index (χ3n) is 2.44. The van der Waals surface area contributed by atoms with Crippen LogP contribution < -0.4 is 5.73 Å². The summed E-state index contributed by atoms with van der Waals surface area (Å²) >= 11 is 9.41. The first-order chi connectivity index (χ1) is 8.97. The zero-order valence-electron chi connectivity index (χ0n) is 9.62. The molecule has 0 saturated carbocycles. The number of carboxylic acid groups (broad SMARTS) is 1. The van der Waals surface area contributed by atoms with E-state index in [0.717, 1.165) is 4.47 Å². The number of hydrogen-bond acceptors (Lipinski definition) is 4. The molecular weight excluding hydrogens is 336 g/mol. The van der Waals surface area contributed by atoms with Gasteiger partial charge in [-0.25, -0.2) is 4.68 Å². The van der Waals surface area contributed by atoms with E-state index in [-0.39, 0.29) is 6.42 Å². The van der Waals surface area contributed by atoms with Crippen LogP contribution in [0.2, 0.25) is 5.02 Å². The number of halogens is 2. The molecule has 0 fully saturated rings. The highest BCUT2D eigenvalue weighted by Gasteiger charge is 2.15. The first-order valence-electron chi connectivity index (χ1n) is 5.32. The summed E-state index contributed by atoms with van der Waals surface area (Å²) in [6, 6.07) is 4.33. The summed E-state index contributed by atoms with van der Waals surface area (Å²) in [5, 5.41) is 17.1. The van der Waals surface area contributed by atoms with Crippen molar-refractivity contribution >= 4 is 33.5 Å². The van der Waals surface area contributed by atoms with Gasteiger partial charge in [0.25, 0.3) is 0 Å². The fourth-order valence-electron chi connectivity index (χ4n) is 1.48. The van der Waals surface area contributed by atoms with Gasteiger partial charge in [0.15, 0.2) is 0 Å². The minimum atomic E-state index is -1.07. The van der Waals surface area contributed by atoms with Gasteiger partial charge in [0.1, 0.15) is 6.04 Å². The average molecular weight is 346 g/mol. The molecule has 0 aliphatic carbocycles. The van der Waals surface area contributed by atoms with Crippen molar-refractivity contribution < 1.29 is 9.90 Å². The summed E-state index contributed by atoms with van der Waals surface area (Å²) in [5.41, 5.74) is 6.58. The number of aliphatic carboxylic acids is 1. The van der Waals surface area contributed by atoms with Crippen molar-refractivity contribution in [2.24, 2.45) is 5.73 Å². The minimum Gasteiger partial charge on any atom is -0.480 e. The number of nitrogens with two attached hydrogens (primary N) is 1. The molecule has 3 N–H and O–H groups in total. The molecule has 8 heteroatoms. The molecule has 0 amide bonds. The lowest BCUT2D eigenvalue weighted by atomic mass is 10.2. The summed E-state index contributed by atoms with van der Waals surface area (Å²) in [4.78, 5) is 10.7. The zero-order valence-corrected chi connectivity index (χ0v) is 12.0. The fraction of sp³-hybridized carbons (Fsp3) is 0.182. The Labute approximate surface area is 122 Å². The maximum Gasteiger partial charge on any atom is 0.320 e. The highest BCUT2D eigenvalue weighted by Crippen LogP contribution is 2.24. The van der Waals surface area contributed by atoms with Gasteiger partial charge in [-0.1, -0.05) is 32.7 Å². The van der Waals surface area contributed by atoms with Crippen molar-refractivity contribution in [3.63, 3.8) is 0 Å². The van der Waals surface area contributed by atoms with E-state index in [4.69, 9.17) is 22.4 Å². The number of benzene rings is 1. The van der Waals surface area contributed by atoms with E-state index in [1.165, 1.54) is 4.68 Å². The van der Waals surface area contributed by atoms with Gasteiger partial charge < -0.3 is 10.8 Å². The third-order valence-corrected chi connectivity index (χ3v) is 3.25. The van der Waals surface area contributed by atoms with E-state index in [1.54, 1.807) is 18.3 Å². The monoisotopic (exact) mass is 344 g/mol. The number of carboxylic acids is 1. The number of aromatic nitrogens is 3. The lowest BCUT2D eigenvalue weighted by Crippen LogP contribution is -2.32. The molecule has 1 aromatic heterocycles. The van der Waals surface area contributed by atoms with E-state index in [9.17, 15) is 4.79 Å². The number of rotatable bonds is 4. The molecule has 6 nitrogen and oxygen atoms in total. The summed E-state index contributed by atoms with van der Waals surface area (Å²) < 4.78 is 2.34. The van der Waals surface area contributed by atoms with E-state index in [2.05, 4.69) is 26.2 Å². The molecule has 19 heavy (non-hydrogen) atoms. The SMILES string of the molecule is NC(Cc1cn(-c2cc(Br)ccc2Cl)nn1)C(=O)O. The smallest absolute Gasteiger partial charge is 0.320 e. The molecule has 2 rings (SSSR count). The first-order valence-corrected chi connectivity index (χ1v) is 6.49. The van der Waals surface area contributed by atoms with Crippen molar-refractivity contribution in [3.8, 4) is 5.69 Å². The predicted molar refractivity (Wildman–Crippen MR) is 73.4 cm³/mol. The summed E-state index contributed by atoms with van der Waals surface area (Å²) in [7, 11) is 0. The van der Waals surface area contributed by atoms with Gasteiger partial charge in [-0.3, -0.25) is 4.79 Å². The van der Waals surface area contributed by atoms with Gasteiger partial charge in [0, 0.05) is 10.9 Å². The first kappa shape index (κ1) is 14.0. The molecule has 0 radical (unpaired) electrons. The van der Waals surface area contributed by atoms with Crippen LogP contribution >= 0.6 is 27.5 Å². The molecule has 1 atom stereocenters. The van der Waals surface area contributed by atoms with Crippen LogP contribution in [0.5, 0.6) is 0 Å². The molecule has 1 aromatic carbocycles. The van der Waals surface area contributed by atoms with Gasteiger partial charge >= 0.3 is 5.97 Å². The average Bonchev–Trinajstić information content (AvgIpc) is 2.80. The Morgan fingerprint density at radius 3 is 3.00 bits per heavy atom. The normalized spacial score (nSPS) is 12.4. The van der Waals surface area contributed by atoms with E-state index >= 15 is 0 Å². The molecule has 0 bridgehead atoms. The Morgan fingerprint density at radius 1 is 1.58 bits per heavy atom. The van der Waals surface area contributed by atoms with Crippen molar-refractivity contribution in [1.82, 2.24) is 15.0 Å². The second-order valence-corrected chi connectivity index (χ2v) is 5.22. The Morgan fingerprint density at radius 2 is 2.32 bits per heavy atom. The topological polar surface area (TPSA) is 94.0 Å². The summed E-state index contributed by atoms with van der Waals surface area (Å²) in [6.07, 6.45) is 1.72. The number of carbonyl (C=O) groups is 1. The summed E-state index contributed by atoms with van der Waals surface area (Å²) in [5.74, 6) is -1.07. The number of nitrogens with zero attached hydrogens (tertiary/aromatic N) is 3. The Bertz CT molecular complexity index is 616. The highest BCUT2D eigenvalue weighted by molar-refractivity contribution is 9.10. The van der Waals surface area contributed by atoms with Crippen molar-refractivity contribution in [3.05, 3.63) is 39.6 Å². The third kappa shape index (κ3) is 3.31. The highest BCUT2D eigenvalue weighted by atomic mass is 79.9. The fourth-order valence-corrected chi connectivity index (χ4v) is 2.04. The molecule has 1 heterocycles. The van der Waals surface area contributed by atoms with Gasteiger partial charge in [-0.2, -0.15) is 0 Å². The number of hydrogen-bond donors (Lipinski definition) is 2. The van der Waals surface area contributed by atoms with Crippen LogP contribution in [0.1, 0.15) is 5.69 Å². The summed E-state index contributed by atoms with van der Waals surface area (Å²) in [6.45, 7) is 0. The lowest BCUT2D eigenvalue weighted by Gasteiger charge is -2.04. The Balaban J connectivity index is 2.26. The Hall–Kier alpha value is -1.44. The molecule has 1 unspecified atom stereocenters. The molecule has 2 aromatic rings. The zero-order chi connectivity index (χ0) is 14.0. The maximum absolute atomic E-state index is 10.7. The van der Waals surface area contributed by atoms with Crippen LogP contribution in [0.15, 0.2) is 28.9 Å². The van der Waals surface area contributed by atoms with Gasteiger partial charge in [-0.05, 0) is 18.2 Å². The van der Waals surface area contributed by atoms with Crippen LogP contribution in [0.3, 0.4) is 0 Å². The van der Waals surface area contributed by atoms with E-state index in [1.807, 2.05) is 6.07 Å². The molecule has 100 valence electrons. The van der Waals surface area contributed by atoms with Crippen LogP contribution in [0.25, 0.3) is 5.69 Å². The van der Waals surface area contributed by atoms with Crippen molar-refractivity contribution in [2.75, 3.05) is 0 Å². The van der Waals surface area contributed by atoms with Gasteiger partial charge in [0.2, 0.25) is 0 Å². The van der Waals surface area contributed by atoms with Crippen LogP contribution in [-0.4, -0.2) is 32.1 Å². The predicted octanol–water partition coefficient (Wildman–Crippen LogP) is 1.64. The standard InChI is InChI=1S/C11H10BrClN4O2/c12-6-1-2-8(13)10(3-6)17-5-7(15-16-17)4-9(14)11(18)19/h1-3,5,9H,4,14H2,(H,18,19). The minimum absolute atomic E-state index is 0.112. The molecular formula is C11H10BrClN4O2. The second-order valence-electron chi connectivity index (χ2n) is 3.90. The molecule has 0 spiro atoms. The van der Waals surface area contributed by atoms with Crippen molar-refractivity contribution in [2.45, 2.75) is 12.5 Å². The second kappa shape index (κ2) is 5.68. The van der Waals surface area contributed by atoms with Crippen LogP contribution in [0.4, 0.5) is 0 Å². The van der Waals surface area contributed by atoms with Gasteiger partial charge in [0.05, 0.1) is 22.6 Å². The van der Waals surface area contributed by atoms with Crippen LogP contribution in [-0.2, 0) is 11.2 Å². The van der Waals surface area contributed by atoms with Gasteiger partial charge in [-0.15, -0.1) is 5.10 Å². The van der Waals surface area contributed by atoms with Crippen LogP contribution in [0, 0.1) is 0 Å². The molecule has 0 aliphatic heterocycles. The van der Waals surface area contributed by atoms with E-state index in [0.29, 0.717) is 16.4 Å². The molecule has 0 aliphatic rings. The largest absolute Gasteiger partial charge is 0.480 e.